The fourth-order valence-corrected chi connectivity index (χ4v) is 6.65. The van der Waals surface area contributed by atoms with Gasteiger partial charge in [0.15, 0.2) is 0 Å². The Hall–Kier alpha value is -2.21. The summed E-state index contributed by atoms with van der Waals surface area (Å²) in [6.45, 7) is 6.64. The van der Waals surface area contributed by atoms with Crippen LogP contribution in [0.1, 0.15) is 81.8 Å². The first kappa shape index (κ1) is 28.8. The number of unbranched alkanes of at least 4 members (excludes halogenated alkanes) is 3. The van der Waals surface area contributed by atoms with Gasteiger partial charge >= 0.3 is 5.97 Å². The van der Waals surface area contributed by atoms with Crippen molar-refractivity contribution >= 4 is 5.97 Å². The van der Waals surface area contributed by atoms with Crippen molar-refractivity contribution in [2.75, 3.05) is 32.7 Å². The van der Waals surface area contributed by atoms with Crippen molar-refractivity contribution in [3.8, 4) is 0 Å². The fourth-order valence-electron chi connectivity index (χ4n) is 6.65. The number of carbonyl (C=O) groups is 1. The summed E-state index contributed by atoms with van der Waals surface area (Å²) in [7, 11) is 0. The molecule has 5 nitrogen and oxygen atoms in total. The number of aliphatic carboxylic acids is 1. The van der Waals surface area contributed by atoms with E-state index in [9.17, 15) is 15.0 Å². The molecule has 0 saturated carbocycles. The quantitative estimate of drug-likeness (QED) is 0.300. The highest BCUT2D eigenvalue weighted by molar-refractivity contribution is 5.73. The van der Waals surface area contributed by atoms with Crippen LogP contribution in [0.2, 0.25) is 0 Å². The van der Waals surface area contributed by atoms with Gasteiger partial charge in [-0.2, -0.15) is 0 Å². The first-order valence-corrected chi connectivity index (χ1v) is 15.0. The molecule has 4 rings (SSSR count). The Morgan fingerprint density at radius 1 is 0.947 bits per heavy atom. The molecule has 0 spiro atoms. The molecule has 5 heteroatoms. The minimum Gasteiger partial charge on any atom is -0.480 e. The van der Waals surface area contributed by atoms with Crippen LogP contribution in [-0.2, 0) is 11.2 Å². The summed E-state index contributed by atoms with van der Waals surface area (Å²) in [4.78, 5) is 17.0. The van der Waals surface area contributed by atoms with Crippen LogP contribution in [0.15, 0.2) is 60.7 Å². The molecule has 38 heavy (non-hydrogen) atoms. The molecule has 2 saturated heterocycles. The van der Waals surface area contributed by atoms with E-state index in [1.54, 1.807) is 0 Å². The van der Waals surface area contributed by atoms with Gasteiger partial charge in [-0.1, -0.05) is 93.3 Å². The fraction of sp³-hybridized carbons (Fsp3) is 0.606. The molecule has 3 atom stereocenters. The third-order valence-electron chi connectivity index (χ3n) is 8.98. The van der Waals surface area contributed by atoms with Gasteiger partial charge in [0.25, 0.3) is 0 Å². The largest absolute Gasteiger partial charge is 0.480 e. The van der Waals surface area contributed by atoms with E-state index in [0.717, 1.165) is 90.5 Å². The smallest absolute Gasteiger partial charge is 0.320 e. The monoisotopic (exact) mass is 520 g/mol. The number of benzene rings is 2. The minimum atomic E-state index is -0.674. The average Bonchev–Trinajstić information content (AvgIpc) is 3.34. The highest BCUT2D eigenvalue weighted by Crippen LogP contribution is 2.36. The maximum atomic E-state index is 12.3. The standard InChI is InChI=1S/C33H48N2O3/c1-2-3-4-11-18-31(32(36)37)35-25-29(30(26-35)28-16-9-6-10-17-28)24-34-22-20-33(38,21-23-34)19-12-15-27-13-7-5-8-14-27/h5-10,13-14,16-17,29-31,38H,2-4,11-12,15,18-26H2,1H3,(H,36,37)/t29-,30+,31?/m0/s1. The van der Waals surface area contributed by atoms with Crippen molar-refractivity contribution in [2.45, 2.75) is 88.7 Å². The SMILES string of the molecule is CCCCCCC(C(=O)O)N1C[C@H](CN2CCC(O)(CCCc3ccccc3)CC2)[C@@H](c2ccccc2)C1. The number of piperidine rings is 1. The zero-order valence-electron chi connectivity index (χ0n) is 23.3. The molecule has 2 aromatic carbocycles. The second-order valence-corrected chi connectivity index (χ2v) is 11.8. The van der Waals surface area contributed by atoms with E-state index < -0.39 is 11.6 Å². The van der Waals surface area contributed by atoms with Crippen LogP contribution >= 0.6 is 0 Å². The number of nitrogens with zero attached hydrogens (tertiary/aromatic N) is 2. The summed E-state index contributed by atoms with van der Waals surface area (Å²) < 4.78 is 0. The molecule has 2 fully saturated rings. The predicted molar refractivity (Wildman–Crippen MR) is 154 cm³/mol. The number of hydrogen-bond acceptors (Lipinski definition) is 4. The second-order valence-electron chi connectivity index (χ2n) is 11.8. The minimum absolute atomic E-state index is 0.348. The van der Waals surface area contributed by atoms with Gasteiger partial charge in [0, 0.05) is 38.6 Å². The average molecular weight is 521 g/mol. The van der Waals surface area contributed by atoms with E-state index >= 15 is 0 Å². The van der Waals surface area contributed by atoms with Crippen molar-refractivity contribution in [1.29, 1.82) is 0 Å². The molecule has 1 unspecified atom stereocenters. The van der Waals surface area contributed by atoms with Gasteiger partial charge in [-0.05, 0) is 55.6 Å². The molecule has 2 aromatic rings. The lowest BCUT2D eigenvalue weighted by molar-refractivity contribution is -0.143. The van der Waals surface area contributed by atoms with Gasteiger partial charge in [-0.3, -0.25) is 9.69 Å². The van der Waals surface area contributed by atoms with E-state index in [0.29, 0.717) is 11.8 Å². The van der Waals surface area contributed by atoms with Crippen molar-refractivity contribution in [1.82, 2.24) is 9.80 Å². The van der Waals surface area contributed by atoms with Crippen LogP contribution in [0.3, 0.4) is 0 Å². The number of likely N-dealkylation sites (tertiary alicyclic amines) is 2. The Morgan fingerprint density at radius 3 is 2.29 bits per heavy atom. The van der Waals surface area contributed by atoms with Gasteiger partial charge in [-0.25, -0.2) is 0 Å². The van der Waals surface area contributed by atoms with Crippen LogP contribution in [0, 0.1) is 5.92 Å². The van der Waals surface area contributed by atoms with Gasteiger partial charge in [-0.15, -0.1) is 0 Å². The molecule has 0 aliphatic carbocycles. The van der Waals surface area contributed by atoms with Crippen molar-refractivity contribution in [3.05, 3.63) is 71.8 Å². The van der Waals surface area contributed by atoms with Gasteiger partial charge in [0.05, 0.1) is 5.60 Å². The number of aliphatic hydroxyl groups is 1. The number of carboxylic acids is 1. The molecular weight excluding hydrogens is 472 g/mol. The number of rotatable bonds is 14. The normalized spacial score (nSPS) is 22.9. The zero-order valence-corrected chi connectivity index (χ0v) is 23.3. The summed E-state index contributed by atoms with van der Waals surface area (Å²) in [6.07, 6.45) is 9.72. The summed E-state index contributed by atoms with van der Waals surface area (Å²) in [5.41, 5.74) is 2.11. The Balaban J connectivity index is 1.33. The van der Waals surface area contributed by atoms with Gasteiger partial charge in [0.2, 0.25) is 0 Å². The van der Waals surface area contributed by atoms with Crippen molar-refractivity contribution < 1.29 is 15.0 Å². The number of hydrogen-bond donors (Lipinski definition) is 2. The molecular formula is C33H48N2O3. The van der Waals surface area contributed by atoms with E-state index in [1.165, 1.54) is 17.5 Å². The first-order chi connectivity index (χ1) is 18.5. The first-order valence-electron chi connectivity index (χ1n) is 15.0. The highest BCUT2D eigenvalue weighted by Gasteiger charge is 2.41. The van der Waals surface area contributed by atoms with Crippen LogP contribution < -0.4 is 0 Å². The maximum absolute atomic E-state index is 12.3. The lowest BCUT2D eigenvalue weighted by atomic mass is 9.84. The molecule has 208 valence electrons. The third kappa shape index (κ3) is 8.14. The molecule has 0 amide bonds. The van der Waals surface area contributed by atoms with E-state index in [1.807, 2.05) is 6.07 Å². The molecule has 2 aliphatic heterocycles. The Labute approximate surface area is 229 Å². The predicted octanol–water partition coefficient (Wildman–Crippen LogP) is 5.98. The van der Waals surface area contributed by atoms with Crippen LogP contribution in [0.4, 0.5) is 0 Å². The Bertz CT molecular complexity index is 959. The Morgan fingerprint density at radius 2 is 1.63 bits per heavy atom. The lowest BCUT2D eigenvalue weighted by Gasteiger charge is -2.40. The summed E-state index contributed by atoms with van der Waals surface area (Å²) in [6, 6.07) is 20.8. The van der Waals surface area contributed by atoms with Crippen LogP contribution in [0.5, 0.6) is 0 Å². The summed E-state index contributed by atoms with van der Waals surface area (Å²) in [5, 5.41) is 21.3. The van der Waals surface area contributed by atoms with Gasteiger partial charge in [0.1, 0.15) is 6.04 Å². The van der Waals surface area contributed by atoms with Crippen LogP contribution in [-0.4, -0.2) is 70.3 Å². The molecule has 0 aromatic heterocycles. The van der Waals surface area contributed by atoms with E-state index in [-0.39, 0.29) is 6.04 Å². The Kier molecular flexibility index (Phi) is 10.8. The lowest BCUT2D eigenvalue weighted by Crippen LogP contribution is -2.46. The van der Waals surface area contributed by atoms with Crippen molar-refractivity contribution in [3.63, 3.8) is 0 Å². The maximum Gasteiger partial charge on any atom is 0.320 e. The van der Waals surface area contributed by atoms with Crippen LogP contribution in [0.25, 0.3) is 0 Å². The second kappa shape index (κ2) is 14.3. The summed E-state index contributed by atoms with van der Waals surface area (Å²) >= 11 is 0. The third-order valence-corrected chi connectivity index (χ3v) is 8.98. The highest BCUT2D eigenvalue weighted by atomic mass is 16.4. The molecule has 2 N–H and O–H groups in total. The topological polar surface area (TPSA) is 64.0 Å². The number of aryl methyl sites for hydroxylation is 1. The molecule has 0 bridgehead atoms. The number of carboxylic acid groups (broad SMARTS) is 1. The van der Waals surface area contributed by atoms with Crippen molar-refractivity contribution in [2.24, 2.45) is 5.92 Å². The summed E-state index contributed by atoms with van der Waals surface area (Å²) in [5.74, 6) is 0.0760. The molecule has 2 aliphatic rings. The molecule has 0 radical (unpaired) electrons. The molecule has 2 heterocycles. The zero-order chi connectivity index (χ0) is 26.8. The van der Waals surface area contributed by atoms with Gasteiger partial charge < -0.3 is 15.1 Å². The van der Waals surface area contributed by atoms with E-state index in [4.69, 9.17) is 0 Å². The van der Waals surface area contributed by atoms with E-state index in [2.05, 4.69) is 71.3 Å².